The molecule has 1 saturated heterocycles. The minimum atomic E-state index is -0.448. The van der Waals surface area contributed by atoms with Crippen LogP contribution in [0.2, 0.25) is 0 Å². The third kappa shape index (κ3) is 2.33. The van der Waals surface area contributed by atoms with E-state index in [9.17, 15) is 9.59 Å². The van der Waals surface area contributed by atoms with Crippen LogP contribution in [0.5, 0.6) is 0 Å². The summed E-state index contributed by atoms with van der Waals surface area (Å²) in [5, 5.41) is 0. The zero-order valence-corrected chi connectivity index (χ0v) is 11.8. The van der Waals surface area contributed by atoms with Crippen molar-refractivity contribution in [3.63, 3.8) is 0 Å². The first-order valence-corrected chi connectivity index (χ1v) is 6.90. The number of methoxy groups -OCH3 is 2. The Kier molecular flexibility index (Phi) is 4.11. The Morgan fingerprint density at radius 2 is 1.89 bits per heavy atom. The molecule has 0 aliphatic carbocycles. The molecule has 2 atom stereocenters. The van der Waals surface area contributed by atoms with Crippen LogP contribution in [0.1, 0.15) is 22.0 Å². The van der Waals surface area contributed by atoms with Crippen LogP contribution in [0.4, 0.5) is 0 Å². The summed E-state index contributed by atoms with van der Waals surface area (Å²) in [4.78, 5) is 23.1. The molecule has 102 valence electrons. The molecule has 0 saturated carbocycles. The first-order chi connectivity index (χ1) is 9.13. The average molecular weight is 281 g/mol. The van der Waals surface area contributed by atoms with Crippen LogP contribution in [-0.4, -0.2) is 42.8 Å². The van der Waals surface area contributed by atoms with Crippen molar-refractivity contribution >= 4 is 23.8 Å². The second kappa shape index (κ2) is 5.63. The summed E-state index contributed by atoms with van der Waals surface area (Å²) in [7, 11) is 2.87. The maximum atomic E-state index is 11.7. The number of esters is 1. The molecule has 5 nitrogen and oxygen atoms in total. The van der Waals surface area contributed by atoms with Gasteiger partial charge in [0, 0.05) is 13.4 Å². The molecule has 1 aliphatic heterocycles. The molecule has 19 heavy (non-hydrogen) atoms. The fourth-order valence-electron chi connectivity index (χ4n) is 2.12. The fourth-order valence-corrected chi connectivity index (χ4v) is 2.86. The van der Waals surface area contributed by atoms with Crippen LogP contribution < -0.4 is 0 Å². The van der Waals surface area contributed by atoms with Crippen molar-refractivity contribution in [1.29, 1.82) is 0 Å². The number of carbonyl (C=O) groups is 2. The summed E-state index contributed by atoms with van der Waals surface area (Å²) in [6.07, 6.45) is 1.40. The molecular formula is C13H15NO4S. The fraction of sp³-hybridized carbons (Fsp3) is 0.385. The third-order valence-electron chi connectivity index (χ3n) is 3.12. The van der Waals surface area contributed by atoms with Crippen LogP contribution in [0.3, 0.4) is 0 Å². The van der Waals surface area contributed by atoms with Crippen molar-refractivity contribution in [1.82, 2.24) is 4.31 Å². The summed E-state index contributed by atoms with van der Waals surface area (Å²) in [6.45, 7) is 0. The molecule has 1 heterocycles. The smallest absolute Gasteiger partial charge is 0.337 e. The van der Waals surface area contributed by atoms with Crippen molar-refractivity contribution in [2.24, 2.45) is 0 Å². The Morgan fingerprint density at radius 3 is 2.37 bits per heavy atom. The number of rotatable bonds is 4. The zero-order valence-electron chi connectivity index (χ0n) is 11.0. The summed E-state index contributed by atoms with van der Waals surface area (Å²) >= 11 is 1.37. The van der Waals surface area contributed by atoms with E-state index in [1.807, 2.05) is 18.4 Å². The number of nitrogens with zero attached hydrogens (tertiary/aromatic N) is 1. The Balaban J connectivity index is 2.22. The molecular weight excluding hydrogens is 266 g/mol. The topological polar surface area (TPSA) is 55.8 Å². The highest BCUT2D eigenvalue weighted by Gasteiger charge is 2.48. The molecule has 6 heteroatoms. The van der Waals surface area contributed by atoms with Gasteiger partial charge < -0.3 is 9.47 Å². The summed E-state index contributed by atoms with van der Waals surface area (Å²) < 4.78 is 11.5. The molecule has 0 aromatic heterocycles. The van der Waals surface area contributed by atoms with Gasteiger partial charge in [0.1, 0.15) is 6.04 Å². The molecule has 0 radical (unpaired) electrons. The van der Waals surface area contributed by atoms with E-state index in [-0.39, 0.29) is 17.9 Å². The van der Waals surface area contributed by atoms with Gasteiger partial charge in [-0.3, -0.25) is 9.10 Å². The van der Waals surface area contributed by atoms with Crippen LogP contribution in [0.15, 0.2) is 24.3 Å². The molecule has 0 bridgehead atoms. The van der Waals surface area contributed by atoms with Crippen LogP contribution in [0, 0.1) is 0 Å². The highest BCUT2D eigenvalue weighted by atomic mass is 32.2. The Hall–Kier alpha value is -1.53. The van der Waals surface area contributed by atoms with E-state index in [0.29, 0.717) is 5.56 Å². The molecule has 0 N–H and O–H groups in total. The van der Waals surface area contributed by atoms with E-state index in [1.165, 1.54) is 26.2 Å². The van der Waals surface area contributed by atoms with Gasteiger partial charge in [0.25, 0.3) is 5.91 Å². The van der Waals surface area contributed by atoms with E-state index >= 15 is 0 Å². The minimum Gasteiger partial charge on any atom is -0.465 e. The quantitative estimate of drug-likeness (QED) is 0.477. The van der Waals surface area contributed by atoms with Gasteiger partial charge in [-0.2, -0.15) is 0 Å². The van der Waals surface area contributed by atoms with Crippen molar-refractivity contribution in [3.05, 3.63) is 35.4 Å². The largest absolute Gasteiger partial charge is 0.465 e. The molecule has 1 aliphatic rings. The van der Waals surface area contributed by atoms with Gasteiger partial charge in [0.2, 0.25) is 0 Å². The predicted molar refractivity (Wildman–Crippen MR) is 71.7 cm³/mol. The lowest BCUT2D eigenvalue weighted by atomic mass is 9.93. The molecule has 1 aromatic rings. The number of amides is 1. The van der Waals surface area contributed by atoms with Crippen molar-refractivity contribution in [3.8, 4) is 0 Å². The number of hydrogen-bond donors (Lipinski definition) is 0. The van der Waals surface area contributed by atoms with Gasteiger partial charge in [-0.05, 0) is 17.7 Å². The third-order valence-corrected chi connectivity index (χ3v) is 3.92. The van der Waals surface area contributed by atoms with Crippen LogP contribution in [-0.2, 0) is 14.3 Å². The number of β-lactam (4-membered cyclic amide) rings is 1. The second-order valence-electron chi connectivity index (χ2n) is 4.06. The SMILES string of the molecule is COC(=O)c1ccc([C@H]2[C@@H](OC)C(=O)N2SC)cc1. The molecule has 0 unspecified atom stereocenters. The van der Waals surface area contributed by atoms with Gasteiger partial charge in [0.05, 0.1) is 12.7 Å². The lowest BCUT2D eigenvalue weighted by molar-refractivity contribution is -0.158. The van der Waals surface area contributed by atoms with Gasteiger partial charge in [0.15, 0.2) is 6.10 Å². The number of carbonyl (C=O) groups excluding carboxylic acids is 2. The van der Waals surface area contributed by atoms with Gasteiger partial charge in [-0.25, -0.2) is 4.79 Å². The van der Waals surface area contributed by atoms with Gasteiger partial charge in [-0.15, -0.1) is 0 Å². The summed E-state index contributed by atoms with van der Waals surface area (Å²) in [5.74, 6) is -0.404. The Bertz CT molecular complexity index is 474. The maximum absolute atomic E-state index is 11.7. The normalized spacial score (nSPS) is 22.1. The minimum absolute atomic E-state index is 0.0305. The van der Waals surface area contributed by atoms with Crippen molar-refractivity contribution < 1.29 is 19.1 Å². The van der Waals surface area contributed by atoms with Crippen LogP contribution in [0.25, 0.3) is 0 Å². The van der Waals surface area contributed by atoms with E-state index in [2.05, 4.69) is 4.74 Å². The molecule has 1 fully saturated rings. The Labute approximate surface area is 116 Å². The van der Waals surface area contributed by atoms with E-state index in [4.69, 9.17) is 4.74 Å². The maximum Gasteiger partial charge on any atom is 0.337 e. The number of ether oxygens (including phenoxy) is 2. The average Bonchev–Trinajstić information content (AvgIpc) is 2.45. The first kappa shape index (κ1) is 13.9. The van der Waals surface area contributed by atoms with E-state index in [0.717, 1.165) is 5.56 Å². The monoisotopic (exact) mass is 281 g/mol. The molecule has 1 aromatic carbocycles. The lowest BCUT2D eigenvalue weighted by Crippen LogP contribution is -2.55. The highest BCUT2D eigenvalue weighted by Crippen LogP contribution is 2.40. The zero-order chi connectivity index (χ0) is 14.0. The summed E-state index contributed by atoms with van der Waals surface area (Å²) in [6, 6.07) is 6.90. The first-order valence-electron chi connectivity index (χ1n) is 5.72. The molecule has 1 amide bonds. The van der Waals surface area contributed by atoms with Crippen molar-refractivity contribution in [2.75, 3.05) is 20.5 Å². The number of benzene rings is 1. The second-order valence-corrected chi connectivity index (χ2v) is 4.82. The van der Waals surface area contributed by atoms with E-state index < -0.39 is 6.10 Å². The molecule has 2 rings (SSSR count). The Morgan fingerprint density at radius 1 is 1.26 bits per heavy atom. The van der Waals surface area contributed by atoms with E-state index in [1.54, 1.807) is 16.4 Å². The van der Waals surface area contributed by atoms with Crippen molar-refractivity contribution in [2.45, 2.75) is 12.1 Å². The van der Waals surface area contributed by atoms with Gasteiger partial charge >= 0.3 is 5.97 Å². The van der Waals surface area contributed by atoms with Gasteiger partial charge in [-0.1, -0.05) is 24.1 Å². The predicted octanol–water partition coefficient (Wildman–Crippen LogP) is 1.65. The van der Waals surface area contributed by atoms with Crippen LogP contribution >= 0.6 is 11.9 Å². The number of hydrogen-bond acceptors (Lipinski definition) is 5. The highest BCUT2D eigenvalue weighted by molar-refractivity contribution is 7.96. The molecule has 0 spiro atoms. The standard InChI is InChI=1S/C13H15NO4S/c1-17-11-10(14(19-3)12(11)15)8-4-6-9(7-5-8)13(16)18-2/h4-7,10-11H,1-3H3/t10-,11+/m0/s1. The lowest BCUT2D eigenvalue weighted by Gasteiger charge is -2.44. The summed E-state index contributed by atoms with van der Waals surface area (Å²) in [5.41, 5.74) is 1.43.